The first-order chi connectivity index (χ1) is 17.0. The molecule has 0 aliphatic carbocycles. The topological polar surface area (TPSA) is 113 Å². The van der Waals surface area contributed by atoms with Crippen LogP contribution in [0.2, 0.25) is 0 Å². The Morgan fingerprint density at radius 3 is 2.66 bits per heavy atom. The number of anilines is 1. The first kappa shape index (κ1) is 23.7. The van der Waals surface area contributed by atoms with Gasteiger partial charge in [0, 0.05) is 35.5 Å². The number of nitrogen functional groups attached to an aromatic ring is 1. The molecule has 0 fully saturated rings. The van der Waals surface area contributed by atoms with Crippen molar-refractivity contribution in [1.29, 1.82) is 0 Å². The molecular weight excluding hydrogens is 528 g/mol. The van der Waals surface area contributed by atoms with Gasteiger partial charge in [0.15, 0.2) is 33.6 Å². The number of halogens is 1. The van der Waals surface area contributed by atoms with E-state index in [1.54, 1.807) is 0 Å². The van der Waals surface area contributed by atoms with Crippen molar-refractivity contribution in [2.45, 2.75) is 36.0 Å². The van der Waals surface area contributed by atoms with E-state index in [2.05, 4.69) is 61.1 Å². The van der Waals surface area contributed by atoms with Gasteiger partial charge in [-0.05, 0) is 46.5 Å². The van der Waals surface area contributed by atoms with Gasteiger partial charge in [-0.3, -0.25) is 4.90 Å². The van der Waals surface area contributed by atoms with E-state index in [0.29, 0.717) is 33.2 Å². The number of phenolic OH excluding ortho intramolecular Hbond substituents is 2. The van der Waals surface area contributed by atoms with E-state index in [0.717, 1.165) is 37.4 Å². The van der Waals surface area contributed by atoms with Crippen LogP contribution in [0.4, 0.5) is 5.82 Å². The molecule has 4 N–H and O–H groups in total. The average molecular weight is 553 g/mol. The quantitative estimate of drug-likeness (QED) is 0.218. The van der Waals surface area contributed by atoms with Crippen LogP contribution in [0.15, 0.2) is 75.0 Å². The second-order valence-corrected chi connectivity index (χ2v) is 10.3. The van der Waals surface area contributed by atoms with Crippen molar-refractivity contribution in [3.63, 3.8) is 0 Å². The smallest absolute Gasteiger partial charge is 0.175 e. The number of aryl methyl sites for hydroxylation is 1. The lowest BCUT2D eigenvalue weighted by Crippen LogP contribution is -2.28. The normalized spacial score (nSPS) is 14.4. The van der Waals surface area contributed by atoms with Crippen molar-refractivity contribution >= 4 is 44.7 Å². The van der Waals surface area contributed by atoms with Gasteiger partial charge in [-0.2, -0.15) is 0 Å². The summed E-state index contributed by atoms with van der Waals surface area (Å²) in [6.07, 6.45) is 5.69. The van der Waals surface area contributed by atoms with E-state index in [1.165, 1.54) is 41.4 Å². The molecule has 0 bridgehead atoms. The van der Waals surface area contributed by atoms with E-state index in [-0.39, 0.29) is 11.5 Å². The third-order valence-corrected chi connectivity index (χ3v) is 8.02. The number of benzene rings is 2. The zero-order valence-electron chi connectivity index (χ0n) is 18.9. The lowest BCUT2D eigenvalue weighted by Gasteiger charge is -2.26. The maximum absolute atomic E-state index is 9.98. The molecule has 35 heavy (non-hydrogen) atoms. The van der Waals surface area contributed by atoms with Gasteiger partial charge >= 0.3 is 0 Å². The molecule has 1 aliphatic heterocycles. The summed E-state index contributed by atoms with van der Waals surface area (Å²) in [5.41, 5.74) is 10.1. The number of nitrogens with two attached hydrogens (primary N) is 1. The first-order valence-corrected chi connectivity index (χ1v) is 12.9. The standard InChI is InChI=1S/C25H25BrN6O2S/c26-18-12-19(33)20(34)13-21(18)35-25-30-22-23(27)28-15-29-24(22)32(25)11-8-16-6-9-31(10-7-16)14-17-4-2-1-3-5-17/h1-6,12-13,15,33-34H,7-11,14H2,(H2,27,28,29). The van der Waals surface area contributed by atoms with Crippen LogP contribution in [-0.4, -0.2) is 47.7 Å². The summed E-state index contributed by atoms with van der Waals surface area (Å²) in [5.74, 6) is -0.0443. The SMILES string of the molecule is Nc1ncnc2c1nc(Sc1cc(O)c(O)cc1Br)n2CCC1=CCN(Cc2ccccc2)CC1. The molecular formula is C25H25BrN6O2S. The highest BCUT2D eigenvalue weighted by atomic mass is 79.9. The summed E-state index contributed by atoms with van der Waals surface area (Å²) in [6, 6.07) is 13.5. The van der Waals surface area contributed by atoms with Gasteiger partial charge in [-0.15, -0.1) is 0 Å². The predicted octanol–water partition coefficient (Wildman–Crippen LogP) is 4.96. The fraction of sp³-hybridized carbons (Fsp3) is 0.240. The number of imidazole rings is 1. The molecule has 180 valence electrons. The van der Waals surface area contributed by atoms with Crippen LogP contribution in [0, 0.1) is 0 Å². The summed E-state index contributed by atoms with van der Waals surface area (Å²) in [5, 5.41) is 20.4. The molecule has 2 aromatic heterocycles. The fourth-order valence-electron chi connectivity index (χ4n) is 4.14. The monoisotopic (exact) mass is 552 g/mol. The number of hydrogen-bond donors (Lipinski definition) is 3. The summed E-state index contributed by atoms with van der Waals surface area (Å²) in [7, 11) is 0. The number of rotatable bonds is 7. The minimum absolute atomic E-state index is 0.185. The maximum atomic E-state index is 9.98. The number of phenols is 2. The lowest BCUT2D eigenvalue weighted by molar-refractivity contribution is 0.283. The Morgan fingerprint density at radius 1 is 1.09 bits per heavy atom. The van der Waals surface area contributed by atoms with E-state index in [4.69, 9.17) is 10.7 Å². The van der Waals surface area contributed by atoms with Gasteiger partial charge in [-0.1, -0.05) is 53.7 Å². The molecule has 0 atom stereocenters. The molecule has 5 rings (SSSR count). The molecule has 1 aliphatic rings. The number of aromatic nitrogens is 4. The number of hydrogen-bond acceptors (Lipinski definition) is 8. The zero-order chi connectivity index (χ0) is 24.4. The molecule has 0 amide bonds. The Hall–Kier alpha value is -3.08. The molecule has 10 heteroatoms. The molecule has 0 saturated carbocycles. The summed E-state index contributed by atoms with van der Waals surface area (Å²) in [6.45, 7) is 3.62. The molecule has 0 unspecified atom stereocenters. The van der Waals surface area contributed by atoms with Crippen LogP contribution in [0.25, 0.3) is 11.2 Å². The highest BCUT2D eigenvalue weighted by Crippen LogP contribution is 2.40. The number of nitrogens with zero attached hydrogens (tertiary/aromatic N) is 5. The van der Waals surface area contributed by atoms with Crippen LogP contribution in [0.1, 0.15) is 18.4 Å². The Labute approximate surface area is 215 Å². The summed E-state index contributed by atoms with van der Waals surface area (Å²) in [4.78, 5) is 16.4. The molecule has 8 nitrogen and oxygen atoms in total. The Kier molecular flexibility index (Phi) is 6.94. The molecule has 2 aromatic carbocycles. The van der Waals surface area contributed by atoms with Gasteiger partial charge < -0.3 is 20.5 Å². The Morgan fingerprint density at radius 2 is 1.89 bits per heavy atom. The van der Waals surface area contributed by atoms with Crippen LogP contribution in [0.5, 0.6) is 11.5 Å². The Bertz CT molecular complexity index is 1390. The second kappa shape index (κ2) is 10.3. The van der Waals surface area contributed by atoms with Crippen LogP contribution < -0.4 is 5.73 Å². The van der Waals surface area contributed by atoms with Crippen molar-refractivity contribution in [1.82, 2.24) is 24.4 Å². The largest absolute Gasteiger partial charge is 0.504 e. The highest BCUT2D eigenvalue weighted by molar-refractivity contribution is 9.10. The average Bonchev–Trinajstić information content (AvgIpc) is 3.21. The molecule has 4 aromatic rings. The summed E-state index contributed by atoms with van der Waals surface area (Å²) < 4.78 is 2.70. The third-order valence-electron chi connectivity index (χ3n) is 6.05. The second-order valence-electron chi connectivity index (χ2n) is 8.43. The van der Waals surface area contributed by atoms with Crippen LogP contribution in [-0.2, 0) is 13.1 Å². The lowest BCUT2D eigenvalue weighted by atomic mass is 10.0. The van der Waals surface area contributed by atoms with Gasteiger partial charge in [-0.25, -0.2) is 15.0 Å². The predicted molar refractivity (Wildman–Crippen MR) is 140 cm³/mol. The van der Waals surface area contributed by atoms with Gasteiger partial charge in [0.25, 0.3) is 0 Å². The van der Waals surface area contributed by atoms with Gasteiger partial charge in [0.1, 0.15) is 6.33 Å². The maximum Gasteiger partial charge on any atom is 0.175 e. The molecule has 0 radical (unpaired) electrons. The van der Waals surface area contributed by atoms with E-state index in [1.807, 2.05) is 10.6 Å². The minimum atomic E-state index is -0.190. The van der Waals surface area contributed by atoms with Crippen molar-refractivity contribution in [2.24, 2.45) is 0 Å². The van der Waals surface area contributed by atoms with Gasteiger partial charge in [0.2, 0.25) is 0 Å². The third kappa shape index (κ3) is 5.29. The molecule has 0 spiro atoms. The van der Waals surface area contributed by atoms with Crippen LogP contribution >= 0.6 is 27.7 Å². The van der Waals surface area contributed by atoms with E-state index < -0.39 is 0 Å². The van der Waals surface area contributed by atoms with Gasteiger partial charge in [0.05, 0.1) is 0 Å². The van der Waals surface area contributed by atoms with Crippen molar-refractivity contribution in [3.05, 3.63) is 70.5 Å². The molecule has 0 saturated heterocycles. The summed E-state index contributed by atoms with van der Waals surface area (Å²) >= 11 is 4.83. The zero-order valence-corrected chi connectivity index (χ0v) is 21.3. The van der Waals surface area contributed by atoms with Crippen LogP contribution in [0.3, 0.4) is 0 Å². The first-order valence-electron chi connectivity index (χ1n) is 11.3. The highest BCUT2D eigenvalue weighted by Gasteiger charge is 2.19. The Balaban J connectivity index is 1.34. The van der Waals surface area contributed by atoms with E-state index >= 15 is 0 Å². The minimum Gasteiger partial charge on any atom is -0.504 e. The van der Waals surface area contributed by atoms with E-state index in [9.17, 15) is 10.2 Å². The fourth-order valence-corrected chi connectivity index (χ4v) is 5.67. The van der Waals surface area contributed by atoms with Crippen molar-refractivity contribution in [2.75, 3.05) is 18.8 Å². The number of fused-ring (bicyclic) bond motifs is 1. The van der Waals surface area contributed by atoms with Crippen molar-refractivity contribution in [3.8, 4) is 11.5 Å². The van der Waals surface area contributed by atoms with Crippen molar-refractivity contribution < 1.29 is 10.2 Å². The molecule has 3 heterocycles. The number of aromatic hydroxyl groups is 2.